The SMILES string of the molecule is Cc1cc(F)ccc1CNC(C)c1cccc(O)c1. The molecule has 0 radical (unpaired) electrons. The Labute approximate surface area is 112 Å². The Bertz CT molecular complexity index is 568. The van der Waals surface area contributed by atoms with Gasteiger partial charge in [-0.15, -0.1) is 0 Å². The lowest BCUT2D eigenvalue weighted by atomic mass is 10.1. The molecule has 2 aromatic carbocycles. The third-order valence-electron chi connectivity index (χ3n) is 3.27. The Morgan fingerprint density at radius 1 is 1.21 bits per heavy atom. The van der Waals surface area contributed by atoms with Gasteiger partial charge in [0.2, 0.25) is 0 Å². The summed E-state index contributed by atoms with van der Waals surface area (Å²) in [5.74, 6) is 0.0615. The summed E-state index contributed by atoms with van der Waals surface area (Å²) in [6, 6.07) is 12.1. The second-order valence-electron chi connectivity index (χ2n) is 4.77. The molecule has 100 valence electrons. The minimum Gasteiger partial charge on any atom is -0.508 e. The van der Waals surface area contributed by atoms with Crippen molar-refractivity contribution in [1.29, 1.82) is 0 Å². The molecule has 2 nitrogen and oxygen atoms in total. The molecular weight excluding hydrogens is 241 g/mol. The Hall–Kier alpha value is -1.87. The number of halogens is 1. The fraction of sp³-hybridized carbons (Fsp3) is 0.250. The number of nitrogens with one attached hydrogen (secondary N) is 1. The molecule has 0 heterocycles. The first-order valence-electron chi connectivity index (χ1n) is 6.33. The zero-order chi connectivity index (χ0) is 13.8. The molecule has 0 fully saturated rings. The molecule has 2 aromatic rings. The van der Waals surface area contributed by atoms with Crippen LogP contribution in [0.15, 0.2) is 42.5 Å². The van der Waals surface area contributed by atoms with Gasteiger partial charge in [0.15, 0.2) is 0 Å². The second kappa shape index (κ2) is 5.85. The van der Waals surface area contributed by atoms with Crippen molar-refractivity contribution in [2.24, 2.45) is 0 Å². The van der Waals surface area contributed by atoms with E-state index in [1.165, 1.54) is 12.1 Å². The van der Waals surface area contributed by atoms with Crippen molar-refractivity contribution in [3.05, 3.63) is 65.0 Å². The number of aromatic hydroxyl groups is 1. The van der Waals surface area contributed by atoms with E-state index in [0.717, 1.165) is 16.7 Å². The van der Waals surface area contributed by atoms with E-state index in [-0.39, 0.29) is 17.6 Å². The van der Waals surface area contributed by atoms with Crippen LogP contribution in [0.25, 0.3) is 0 Å². The maximum absolute atomic E-state index is 13.0. The Balaban J connectivity index is 2.02. The molecule has 0 aromatic heterocycles. The van der Waals surface area contributed by atoms with Gasteiger partial charge in [-0.3, -0.25) is 0 Å². The van der Waals surface area contributed by atoms with E-state index in [2.05, 4.69) is 5.32 Å². The number of hydrogen-bond acceptors (Lipinski definition) is 2. The third-order valence-corrected chi connectivity index (χ3v) is 3.27. The summed E-state index contributed by atoms with van der Waals surface area (Å²) in [6.07, 6.45) is 0. The average Bonchev–Trinajstić information content (AvgIpc) is 2.37. The van der Waals surface area contributed by atoms with E-state index < -0.39 is 0 Å². The van der Waals surface area contributed by atoms with E-state index in [9.17, 15) is 9.50 Å². The predicted molar refractivity (Wildman–Crippen MR) is 74.5 cm³/mol. The molecule has 0 spiro atoms. The maximum atomic E-state index is 13.0. The first kappa shape index (κ1) is 13.6. The molecule has 0 aliphatic heterocycles. The van der Waals surface area contributed by atoms with Gasteiger partial charge in [-0.05, 0) is 54.8 Å². The van der Waals surface area contributed by atoms with Crippen LogP contribution in [0.5, 0.6) is 5.75 Å². The third kappa shape index (κ3) is 3.55. The quantitative estimate of drug-likeness (QED) is 0.877. The lowest BCUT2D eigenvalue weighted by Crippen LogP contribution is -2.18. The lowest BCUT2D eigenvalue weighted by molar-refractivity contribution is 0.472. The highest BCUT2D eigenvalue weighted by Gasteiger charge is 2.07. The summed E-state index contributed by atoms with van der Waals surface area (Å²) < 4.78 is 13.0. The number of benzene rings is 2. The van der Waals surface area contributed by atoms with Gasteiger partial charge in [0.25, 0.3) is 0 Å². The Kier molecular flexibility index (Phi) is 4.17. The Morgan fingerprint density at radius 3 is 2.68 bits per heavy atom. The van der Waals surface area contributed by atoms with Crippen molar-refractivity contribution >= 4 is 0 Å². The van der Waals surface area contributed by atoms with Crippen LogP contribution >= 0.6 is 0 Å². The van der Waals surface area contributed by atoms with Crippen LogP contribution in [0.4, 0.5) is 4.39 Å². The van der Waals surface area contributed by atoms with Crippen LogP contribution in [0.2, 0.25) is 0 Å². The van der Waals surface area contributed by atoms with E-state index in [0.29, 0.717) is 6.54 Å². The van der Waals surface area contributed by atoms with Crippen LogP contribution in [0, 0.1) is 12.7 Å². The van der Waals surface area contributed by atoms with E-state index in [1.807, 2.05) is 26.0 Å². The monoisotopic (exact) mass is 259 g/mol. The molecule has 1 atom stereocenters. The normalized spacial score (nSPS) is 12.4. The largest absolute Gasteiger partial charge is 0.508 e. The van der Waals surface area contributed by atoms with Crippen molar-refractivity contribution in [2.75, 3.05) is 0 Å². The minimum atomic E-state index is -0.206. The smallest absolute Gasteiger partial charge is 0.123 e. The minimum absolute atomic E-state index is 0.122. The highest BCUT2D eigenvalue weighted by Crippen LogP contribution is 2.19. The molecular formula is C16H18FNO. The number of phenols is 1. The summed E-state index contributed by atoms with van der Waals surface area (Å²) in [6.45, 7) is 4.61. The van der Waals surface area contributed by atoms with Gasteiger partial charge in [0.1, 0.15) is 11.6 Å². The maximum Gasteiger partial charge on any atom is 0.123 e. The number of aryl methyl sites for hydroxylation is 1. The zero-order valence-corrected chi connectivity index (χ0v) is 11.2. The summed E-state index contributed by atoms with van der Waals surface area (Å²) in [5, 5.41) is 12.8. The van der Waals surface area contributed by atoms with Gasteiger partial charge in [-0.1, -0.05) is 18.2 Å². The van der Waals surface area contributed by atoms with Gasteiger partial charge in [0, 0.05) is 12.6 Å². The molecule has 0 amide bonds. The molecule has 0 aliphatic carbocycles. The lowest BCUT2D eigenvalue weighted by Gasteiger charge is -2.15. The molecule has 2 rings (SSSR count). The standard InChI is InChI=1S/C16H18FNO/c1-11-8-15(17)7-6-14(11)10-18-12(2)13-4-3-5-16(19)9-13/h3-9,12,18-19H,10H2,1-2H3. The van der Waals surface area contributed by atoms with Crippen LogP contribution in [-0.4, -0.2) is 5.11 Å². The molecule has 0 bridgehead atoms. The highest BCUT2D eigenvalue weighted by atomic mass is 19.1. The van der Waals surface area contributed by atoms with Gasteiger partial charge in [0.05, 0.1) is 0 Å². The summed E-state index contributed by atoms with van der Waals surface area (Å²) in [4.78, 5) is 0. The van der Waals surface area contributed by atoms with Crippen molar-refractivity contribution in [3.63, 3.8) is 0 Å². The van der Waals surface area contributed by atoms with Gasteiger partial charge in [-0.25, -0.2) is 4.39 Å². The van der Waals surface area contributed by atoms with Gasteiger partial charge >= 0.3 is 0 Å². The molecule has 2 N–H and O–H groups in total. The van der Waals surface area contributed by atoms with Crippen LogP contribution < -0.4 is 5.32 Å². The summed E-state index contributed by atoms with van der Waals surface area (Å²) in [5.41, 5.74) is 3.05. The van der Waals surface area contributed by atoms with E-state index >= 15 is 0 Å². The molecule has 0 saturated carbocycles. The van der Waals surface area contributed by atoms with Crippen molar-refractivity contribution in [1.82, 2.24) is 5.32 Å². The predicted octanol–water partition coefficient (Wildman–Crippen LogP) is 3.69. The summed E-state index contributed by atoms with van der Waals surface area (Å²) in [7, 11) is 0. The second-order valence-corrected chi connectivity index (χ2v) is 4.77. The van der Waals surface area contributed by atoms with E-state index in [4.69, 9.17) is 0 Å². The van der Waals surface area contributed by atoms with Gasteiger partial charge in [-0.2, -0.15) is 0 Å². The fourth-order valence-corrected chi connectivity index (χ4v) is 2.03. The topological polar surface area (TPSA) is 32.3 Å². The van der Waals surface area contributed by atoms with Crippen molar-refractivity contribution < 1.29 is 9.50 Å². The van der Waals surface area contributed by atoms with Crippen molar-refractivity contribution in [2.45, 2.75) is 26.4 Å². The van der Waals surface area contributed by atoms with Crippen LogP contribution in [0.1, 0.15) is 29.7 Å². The van der Waals surface area contributed by atoms with Crippen molar-refractivity contribution in [3.8, 4) is 5.75 Å². The molecule has 3 heteroatoms. The highest BCUT2D eigenvalue weighted by molar-refractivity contribution is 5.30. The molecule has 0 saturated heterocycles. The molecule has 0 aliphatic rings. The van der Waals surface area contributed by atoms with E-state index in [1.54, 1.807) is 18.2 Å². The van der Waals surface area contributed by atoms with Gasteiger partial charge < -0.3 is 10.4 Å². The van der Waals surface area contributed by atoms with Crippen LogP contribution in [-0.2, 0) is 6.54 Å². The first-order valence-corrected chi connectivity index (χ1v) is 6.33. The Morgan fingerprint density at radius 2 is 2.00 bits per heavy atom. The molecule has 1 unspecified atom stereocenters. The number of rotatable bonds is 4. The first-order chi connectivity index (χ1) is 9.06. The van der Waals surface area contributed by atoms with Crippen LogP contribution in [0.3, 0.4) is 0 Å². The fourth-order valence-electron chi connectivity index (χ4n) is 2.03. The summed E-state index contributed by atoms with van der Waals surface area (Å²) >= 11 is 0. The number of phenolic OH excluding ortho intramolecular Hbond substituents is 1. The average molecular weight is 259 g/mol. The molecule has 19 heavy (non-hydrogen) atoms. The number of hydrogen-bond donors (Lipinski definition) is 2. The zero-order valence-electron chi connectivity index (χ0n) is 11.2.